The number of sulfonamides is 1. The van der Waals surface area contributed by atoms with Gasteiger partial charge in [-0.1, -0.05) is 30.3 Å². The lowest BCUT2D eigenvalue weighted by atomic mass is 10.2. The molecule has 6 nitrogen and oxygen atoms in total. The summed E-state index contributed by atoms with van der Waals surface area (Å²) in [5.41, 5.74) is 1.05. The van der Waals surface area contributed by atoms with Gasteiger partial charge in [-0.2, -0.15) is 4.31 Å². The minimum absolute atomic E-state index is 0.0496. The maximum absolute atomic E-state index is 12.9. The molecule has 0 saturated carbocycles. The first-order valence-electron chi connectivity index (χ1n) is 8.07. The molecular formula is C18H18BrNO5S. The number of hydrogen-bond donors (Lipinski definition) is 0. The molecule has 1 aliphatic rings. The number of benzene rings is 2. The van der Waals surface area contributed by atoms with Crippen molar-refractivity contribution in [3.8, 4) is 0 Å². The van der Waals surface area contributed by atoms with E-state index in [1.165, 1.54) is 16.4 Å². The van der Waals surface area contributed by atoms with Gasteiger partial charge in [0.05, 0.1) is 23.7 Å². The number of halogens is 1. The molecule has 0 spiro atoms. The summed E-state index contributed by atoms with van der Waals surface area (Å²) in [6.07, 6.45) is 0. The van der Waals surface area contributed by atoms with Gasteiger partial charge in [-0.3, -0.25) is 0 Å². The summed E-state index contributed by atoms with van der Waals surface area (Å²) < 4.78 is 38.0. The fraction of sp³-hybridized carbons (Fsp3) is 0.278. The van der Waals surface area contributed by atoms with Crippen molar-refractivity contribution in [1.29, 1.82) is 0 Å². The van der Waals surface area contributed by atoms with Crippen molar-refractivity contribution in [3.05, 3.63) is 64.1 Å². The summed E-state index contributed by atoms with van der Waals surface area (Å²) in [6, 6.07) is 13.7. The molecule has 0 radical (unpaired) electrons. The van der Waals surface area contributed by atoms with E-state index in [2.05, 4.69) is 15.9 Å². The highest BCUT2D eigenvalue weighted by atomic mass is 79.9. The summed E-state index contributed by atoms with van der Waals surface area (Å²) in [6.45, 7) is 1.42. The summed E-state index contributed by atoms with van der Waals surface area (Å²) in [4.78, 5) is 12.4. The van der Waals surface area contributed by atoms with E-state index in [0.29, 0.717) is 17.7 Å². The van der Waals surface area contributed by atoms with Crippen molar-refractivity contribution in [2.75, 3.05) is 26.3 Å². The molecule has 8 heteroatoms. The van der Waals surface area contributed by atoms with Crippen LogP contribution in [0.5, 0.6) is 0 Å². The first-order valence-corrected chi connectivity index (χ1v) is 10.3. The minimum atomic E-state index is -3.72. The van der Waals surface area contributed by atoms with Crippen LogP contribution in [-0.2, 0) is 26.1 Å². The third kappa shape index (κ3) is 4.32. The predicted molar refractivity (Wildman–Crippen MR) is 99.3 cm³/mol. The SMILES string of the molecule is O=C(OCc1ccccc1)c1ccc(Br)c(S(=O)(=O)N2CCOCC2)c1. The van der Waals surface area contributed by atoms with Crippen molar-refractivity contribution in [2.24, 2.45) is 0 Å². The molecule has 0 amide bonds. The van der Waals surface area contributed by atoms with Gasteiger partial charge in [0.15, 0.2) is 0 Å². The maximum Gasteiger partial charge on any atom is 0.338 e. The smallest absolute Gasteiger partial charge is 0.338 e. The Hall–Kier alpha value is -1.74. The van der Waals surface area contributed by atoms with E-state index in [1.807, 2.05) is 30.3 Å². The number of carbonyl (C=O) groups is 1. The van der Waals surface area contributed by atoms with E-state index in [4.69, 9.17) is 9.47 Å². The van der Waals surface area contributed by atoms with Gasteiger partial charge in [-0.25, -0.2) is 13.2 Å². The van der Waals surface area contributed by atoms with Crippen LogP contribution in [0.25, 0.3) is 0 Å². The van der Waals surface area contributed by atoms with Crippen LogP contribution >= 0.6 is 15.9 Å². The average molecular weight is 440 g/mol. The van der Waals surface area contributed by atoms with Crippen LogP contribution in [0.4, 0.5) is 0 Å². The van der Waals surface area contributed by atoms with Gasteiger partial charge in [0, 0.05) is 17.6 Å². The molecule has 3 rings (SSSR count). The monoisotopic (exact) mass is 439 g/mol. The second kappa shape index (κ2) is 8.30. The molecule has 1 aliphatic heterocycles. The molecule has 0 N–H and O–H groups in total. The third-order valence-corrected chi connectivity index (χ3v) is 6.86. The van der Waals surface area contributed by atoms with Crippen LogP contribution in [-0.4, -0.2) is 45.0 Å². The van der Waals surface area contributed by atoms with Crippen molar-refractivity contribution < 1.29 is 22.7 Å². The fourth-order valence-electron chi connectivity index (χ4n) is 2.56. The highest BCUT2D eigenvalue weighted by molar-refractivity contribution is 9.10. The molecule has 1 heterocycles. The van der Waals surface area contributed by atoms with E-state index in [0.717, 1.165) is 5.56 Å². The molecular weight excluding hydrogens is 422 g/mol. The van der Waals surface area contributed by atoms with Crippen LogP contribution in [0, 0.1) is 0 Å². The van der Waals surface area contributed by atoms with Gasteiger partial charge in [-0.05, 0) is 39.7 Å². The second-order valence-electron chi connectivity index (χ2n) is 5.72. The molecule has 2 aromatic rings. The number of nitrogens with zero attached hydrogens (tertiary/aromatic N) is 1. The Morgan fingerprint density at radius 3 is 2.50 bits per heavy atom. The Balaban J connectivity index is 1.79. The lowest BCUT2D eigenvalue weighted by molar-refractivity contribution is 0.0472. The summed E-state index contributed by atoms with van der Waals surface area (Å²) in [5, 5.41) is 0. The van der Waals surface area contributed by atoms with E-state index in [9.17, 15) is 13.2 Å². The van der Waals surface area contributed by atoms with Gasteiger partial charge < -0.3 is 9.47 Å². The van der Waals surface area contributed by atoms with Crippen molar-refractivity contribution in [3.63, 3.8) is 0 Å². The lowest BCUT2D eigenvalue weighted by Crippen LogP contribution is -2.40. The highest BCUT2D eigenvalue weighted by Gasteiger charge is 2.29. The van der Waals surface area contributed by atoms with Gasteiger partial charge in [-0.15, -0.1) is 0 Å². The molecule has 138 valence electrons. The second-order valence-corrected chi connectivity index (χ2v) is 8.48. The Kier molecular flexibility index (Phi) is 6.08. The molecule has 0 atom stereocenters. The lowest BCUT2D eigenvalue weighted by Gasteiger charge is -2.26. The first-order chi connectivity index (χ1) is 12.5. The third-order valence-electron chi connectivity index (χ3n) is 3.97. The van der Waals surface area contributed by atoms with Crippen molar-refractivity contribution in [1.82, 2.24) is 4.31 Å². The average Bonchev–Trinajstić information content (AvgIpc) is 2.68. The molecule has 2 aromatic carbocycles. The Morgan fingerprint density at radius 2 is 1.81 bits per heavy atom. The molecule has 26 heavy (non-hydrogen) atoms. The minimum Gasteiger partial charge on any atom is -0.457 e. The Labute approximate surface area is 160 Å². The number of hydrogen-bond acceptors (Lipinski definition) is 5. The number of rotatable bonds is 5. The standard InChI is InChI=1S/C18H18BrNO5S/c19-16-7-6-15(18(21)25-13-14-4-2-1-3-5-14)12-17(16)26(22,23)20-8-10-24-11-9-20/h1-7,12H,8-11,13H2. The van der Waals surface area contributed by atoms with Crippen molar-refractivity contribution >= 4 is 31.9 Å². The van der Waals surface area contributed by atoms with Crippen LogP contribution in [0.15, 0.2) is 57.9 Å². The van der Waals surface area contributed by atoms with E-state index < -0.39 is 16.0 Å². The summed E-state index contributed by atoms with van der Waals surface area (Å²) >= 11 is 3.27. The van der Waals surface area contributed by atoms with Crippen LogP contribution in [0.1, 0.15) is 15.9 Å². The molecule has 0 unspecified atom stereocenters. The number of morpholine rings is 1. The molecule has 1 fully saturated rings. The molecule has 1 saturated heterocycles. The number of carbonyl (C=O) groups excluding carboxylic acids is 1. The van der Waals surface area contributed by atoms with Gasteiger partial charge in [0.2, 0.25) is 10.0 Å². The Bertz CT molecular complexity index is 880. The quantitative estimate of drug-likeness (QED) is 0.669. The molecule has 0 aromatic heterocycles. The van der Waals surface area contributed by atoms with Gasteiger partial charge >= 0.3 is 5.97 Å². The molecule has 0 aliphatic carbocycles. The predicted octanol–water partition coefficient (Wildman–Crippen LogP) is 2.83. The van der Waals surface area contributed by atoms with E-state index in [1.54, 1.807) is 6.07 Å². The Morgan fingerprint density at radius 1 is 1.12 bits per heavy atom. The van der Waals surface area contributed by atoms with E-state index >= 15 is 0 Å². The zero-order valence-corrected chi connectivity index (χ0v) is 16.3. The number of ether oxygens (including phenoxy) is 2. The largest absolute Gasteiger partial charge is 0.457 e. The zero-order chi connectivity index (χ0) is 18.6. The van der Waals surface area contributed by atoms with E-state index in [-0.39, 0.29) is 30.2 Å². The maximum atomic E-state index is 12.9. The topological polar surface area (TPSA) is 72.9 Å². The van der Waals surface area contributed by atoms with Crippen LogP contribution in [0.2, 0.25) is 0 Å². The van der Waals surface area contributed by atoms with Crippen LogP contribution < -0.4 is 0 Å². The summed E-state index contributed by atoms with van der Waals surface area (Å²) in [7, 11) is -3.72. The number of esters is 1. The summed E-state index contributed by atoms with van der Waals surface area (Å²) in [5.74, 6) is -0.570. The normalized spacial score (nSPS) is 15.6. The first kappa shape index (κ1) is 19.0. The van der Waals surface area contributed by atoms with Crippen molar-refractivity contribution in [2.45, 2.75) is 11.5 Å². The highest BCUT2D eigenvalue weighted by Crippen LogP contribution is 2.27. The fourth-order valence-corrected chi connectivity index (χ4v) is 4.92. The van der Waals surface area contributed by atoms with Gasteiger partial charge in [0.25, 0.3) is 0 Å². The molecule has 0 bridgehead atoms. The van der Waals surface area contributed by atoms with Crippen LogP contribution in [0.3, 0.4) is 0 Å². The zero-order valence-electron chi connectivity index (χ0n) is 13.9. The van der Waals surface area contributed by atoms with Gasteiger partial charge in [0.1, 0.15) is 6.61 Å².